The Morgan fingerprint density at radius 3 is 2.13 bits per heavy atom. The lowest BCUT2D eigenvalue weighted by atomic mass is 10.1. The third-order valence-electron chi connectivity index (χ3n) is 4.58. The van der Waals surface area contributed by atoms with Crippen LogP contribution < -0.4 is 0 Å². The van der Waals surface area contributed by atoms with Crippen molar-refractivity contribution in [1.82, 2.24) is 9.30 Å². The van der Waals surface area contributed by atoms with Crippen LogP contribution in [-0.2, 0) is 14.3 Å². The molecule has 0 N–H and O–H groups in total. The number of carbonyl (C=O) groups is 3. The Morgan fingerprint density at radius 2 is 1.57 bits per heavy atom. The number of ether oxygens (including phenoxy) is 2. The largest absolute Gasteiger partial charge is 0.462 e. The van der Waals surface area contributed by atoms with Crippen LogP contribution in [0.3, 0.4) is 0 Å². The minimum atomic E-state index is -0.605. The molecule has 2 rings (SSSR count). The molecule has 0 aromatic carbocycles. The number of amides is 1. The topological polar surface area (TPSA) is 77.3 Å². The Bertz CT molecular complexity index is 927. The van der Waals surface area contributed by atoms with Crippen LogP contribution in [0.5, 0.6) is 0 Å². The standard InChI is InChI=1S/C23H30N2O5/c1-5-7-15-29-22(27)20-17-11-9-10-14-25(17)18(12-13-19(26)24(3)4)21(20)23(28)30-16-8-6-2/h9-14H,5-8,15-16H2,1-4H3/b13-12-. The monoisotopic (exact) mass is 414 g/mol. The number of carbonyl (C=O) groups excluding carboxylic acids is 3. The second-order valence-corrected chi connectivity index (χ2v) is 7.14. The van der Waals surface area contributed by atoms with Gasteiger partial charge >= 0.3 is 11.9 Å². The van der Waals surface area contributed by atoms with Crippen LogP contribution in [0.1, 0.15) is 65.9 Å². The highest BCUT2D eigenvalue weighted by atomic mass is 16.5. The van der Waals surface area contributed by atoms with Crippen molar-refractivity contribution in [2.45, 2.75) is 39.5 Å². The Hall–Kier alpha value is -3.09. The van der Waals surface area contributed by atoms with Crippen molar-refractivity contribution in [3.05, 3.63) is 47.3 Å². The molecule has 0 saturated carbocycles. The zero-order chi connectivity index (χ0) is 22.1. The van der Waals surface area contributed by atoms with Gasteiger partial charge in [-0.05, 0) is 31.1 Å². The van der Waals surface area contributed by atoms with Gasteiger partial charge in [0.05, 0.1) is 24.4 Å². The maximum Gasteiger partial charge on any atom is 0.341 e. The van der Waals surface area contributed by atoms with Crippen LogP contribution in [-0.4, -0.2) is 54.5 Å². The van der Waals surface area contributed by atoms with Gasteiger partial charge in [-0.25, -0.2) is 9.59 Å². The molecule has 162 valence electrons. The molecule has 0 bridgehead atoms. The summed E-state index contributed by atoms with van der Waals surface area (Å²) in [6, 6.07) is 5.31. The van der Waals surface area contributed by atoms with E-state index in [0.29, 0.717) is 11.2 Å². The fourth-order valence-electron chi connectivity index (χ4n) is 2.87. The van der Waals surface area contributed by atoms with E-state index in [0.717, 1.165) is 25.7 Å². The lowest BCUT2D eigenvalue weighted by Crippen LogP contribution is -2.19. The predicted octanol–water partition coefficient (Wildman–Crippen LogP) is 3.95. The van der Waals surface area contributed by atoms with Crippen LogP contribution in [0.2, 0.25) is 0 Å². The molecule has 7 nitrogen and oxygen atoms in total. The number of fused-ring (bicyclic) bond motifs is 1. The Labute approximate surface area is 177 Å². The molecule has 0 saturated heterocycles. The number of esters is 2. The maximum absolute atomic E-state index is 13.0. The molecule has 1 amide bonds. The third-order valence-corrected chi connectivity index (χ3v) is 4.58. The van der Waals surface area contributed by atoms with Gasteiger partial charge in [0.25, 0.3) is 0 Å². The summed E-state index contributed by atoms with van der Waals surface area (Å²) in [6.45, 7) is 4.53. The first-order chi connectivity index (χ1) is 14.4. The molecule has 0 spiro atoms. The highest BCUT2D eigenvalue weighted by molar-refractivity contribution is 6.11. The van der Waals surface area contributed by atoms with Crippen LogP contribution >= 0.6 is 0 Å². The molecule has 2 aromatic heterocycles. The summed E-state index contributed by atoms with van der Waals surface area (Å²) in [5.41, 5.74) is 1.20. The number of hydrogen-bond acceptors (Lipinski definition) is 5. The molecular formula is C23H30N2O5. The second-order valence-electron chi connectivity index (χ2n) is 7.14. The Kier molecular flexibility index (Phi) is 8.65. The number of likely N-dealkylation sites (N-methyl/N-ethyl adjacent to an activating group) is 1. The smallest absolute Gasteiger partial charge is 0.341 e. The summed E-state index contributed by atoms with van der Waals surface area (Å²) in [5.74, 6) is -1.42. The fraction of sp³-hybridized carbons (Fsp3) is 0.435. The molecule has 2 heterocycles. The van der Waals surface area contributed by atoms with E-state index in [-0.39, 0.29) is 30.2 Å². The van der Waals surface area contributed by atoms with E-state index in [9.17, 15) is 14.4 Å². The van der Waals surface area contributed by atoms with Crippen molar-refractivity contribution < 1.29 is 23.9 Å². The normalized spacial score (nSPS) is 11.1. The number of unbranched alkanes of at least 4 members (excludes halogenated alkanes) is 2. The van der Waals surface area contributed by atoms with Crippen molar-refractivity contribution >= 4 is 29.4 Å². The molecule has 0 fully saturated rings. The van der Waals surface area contributed by atoms with Crippen molar-refractivity contribution in [2.75, 3.05) is 27.3 Å². The average molecular weight is 415 g/mol. The molecule has 0 unspecified atom stereocenters. The molecule has 0 aliphatic rings. The first-order valence-corrected chi connectivity index (χ1v) is 10.3. The predicted molar refractivity (Wildman–Crippen MR) is 116 cm³/mol. The van der Waals surface area contributed by atoms with Crippen LogP contribution in [0, 0.1) is 0 Å². The summed E-state index contributed by atoms with van der Waals surface area (Å²) >= 11 is 0. The fourth-order valence-corrected chi connectivity index (χ4v) is 2.87. The minimum Gasteiger partial charge on any atom is -0.462 e. The van der Waals surface area contributed by atoms with Gasteiger partial charge in [-0.15, -0.1) is 0 Å². The van der Waals surface area contributed by atoms with E-state index >= 15 is 0 Å². The number of rotatable bonds is 10. The quantitative estimate of drug-likeness (QED) is 0.334. The first-order valence-electron chi connectivity index (χ1n) is 10.3. The van der Waals surface area contributed by atoms with Gasteiger partial charge in [-0.3, -0.25) is 4.79 Å². The molecule has 0 radical (unpaired) electrons. The molecule has 0 atom stereocenters. The van der Waals surface area contributed by atoms with Gasteiger partial charge in [-0.2, -0.15) is 0 Å². The van der Waals surface area contributed by atoms with E-state index in [1.54, 1.807) is 42.9 Å². The Morgan fingerprint density at radius 1 is 0.967 bits per heavy atom. The summed E-state index contributed by atoms with van der Waals surface area (Å²) in [4.78, 5) is 39.4. The molecule has 30 heavy (non-hydrogen) atoms. The zero-order valence-corrected chi connectivity index (χ0v) is 18.1. The highest BCUT2D eigenvalue weighted by Gasteiger charge is 2.29. The first kappa shape index (κ1) is 23.2. The van der Waals surface area contributed by atoms with Gasteiger partial charge in [0.2, 0.25) is 5.91 Å². The van der Waals surface area contributed by atoms with E-state index in [2.05, 4.69) is 0 Å². The van der Waals surface area contributed by atoms with Crippen LogP contribution in [0.25, 0.3) is 11.6 Å². The van der Waals surface area contributed by atoms with Crippen LogP contribution in [0.4, 0.5) is 0 Å². The number of hydrogen-bond donors (Lipinski definition) is 0. The van der Waals surface area contributed by atoms with E-state index in [4.69, 9.17) is 9.47 Å². The zero-order valence-electron chi connectivity index (χ0n) is 18.1. The van der Waals surface area contributed by atoms with E-state index < -0.39 is 11.9 Å². The SMILES string of the molecule is CCCCOC(=O)c1c(C(=O)OCCCC)c2ccccn2c1/C=C\C(=O)N(C)C. The number of pyridine rings is 1. The molecule has 7 heteroatoms. The number of nitrogens with zero attached hydrogens (tertiary/aromatic N) is 2. The summed E-state index contributed by atoms with van der Waals surface area (Å²) < 4.78 is 12.5. The molecular weight excluding hydrogens is 384 g/mol. The van der Waals surface area contributed by atoms with Gasteiger partial charge in [0.1, 0.15) is 11.1 Å². The summed E-state index contributed by atoms with van der Waals surface area (Å²) in [6.07, 6.45) is 7.86. The van der Waals surface area contributed by atoms with Crippen molar-refractivity contribution in [3.8, 4) is 0 Å². The van der Waals surface area contributed by atoms with Gasteiger partial charge in [0, 0.05) is 26.4 Å². The van der Waals surface area contributed by atoms with Gasteiger partial charge in [0.15, 0.2) is 0 Å². The molecule has 0 aliphatic heterocycles. The third kappa shape index (κ3) is 5.49. The van der Waals surface area contributed by atoms with Crippen molar-refractivity contribution in [2.24, 2.45) is 0 Å². The van der Waals surface area contributed by atoms with E-state index in [1.807, 2.05) is 13.8 Å². The lowest BCUT2D eigenvalue weighted by Gasteiger charge is -2.08. The Balaban J connectivity index is 2.60. The summed E-state index contributed by atoms with van der Waals surface area (Å²) in [5, 5.41) is 0. The number of aromatic nitrogens is 1. The van der Waals surface area contributed by atoms with E-state index in [1.165, 1.54) is 17.1 Å². The second kappa shape index (κ2) is 11.2. The maximum atomic E-state index is 13.0. The van der Waals surface area contributed by atoms with Crippen LogP contribution in [0.15, 0.2) is 30.5 Å². The van der Waals surface area contributed by atoms with Gasteiger partial charge < -0.3 is 18.8 Å². The molecule has 0 aliphatic carbocycles. The summed E-state index contributed by atoms with van der Waals surface area (Å²) in [7, 11) is 3.28. The van der Waals surface area contributed by atoms with Crippen molar-refractivity contribution in [3.63, 3.8) is 0 Å². The molecule has 2 aromatic rings. The highest BCUT2D eigenvalue weighted by Crippen LogP contribution is 2.27. The van der Waals surface area contributed by atoms with Crippen molar-refractivity contribution in [1.29, 1.82) is 0 Å². The minimum absolute atomic E-state index is 0.113. The van der Waals surface area contributed by atoms with Gasteiger partial charge in [-0.1, -0.05) is 32.8 Å². The lowest BCUT2D eigenvalue weighted by molar-refractivity contribution is -0.123. The average Bonchev–Trinajstić information content (AvgIpc) is 3.06.